The number of carbonyl (C=O) groups is 1. The monoisotopic (exact) mass is 373 g/mol. The average Bonchev–Trinajstić information content (AvgIpc) is 2.70. The first kappa shape index (κ1) is 21.2. The third-order valence-electron chi connectivity index (χ3n) is 5.33. The largest absolute Gasteiger partial charge is 0.356 e. The summed E-state index contributed by atoms with van der Waals surface area (Å²) in [5, 5.41) is 9.48. The van der Waals surface area contributed by atoms with Crippen molar-refractivity contribution >= 4 is 11.9 Å². The van der Waals surface area contributed by atoms with E-state index in [0.29, 0.717) is 17.6 Å². The van der Waals surface area contributed by atoms with Gasteiger partial charge in [0.05, 0.1) is 0 Å². The van der Waals surface area contributed by atoms with Crippen molar-refractivity contribution in [2.45, 2.75) is 51.6 Å². The summed E-state index contributed by atoms with van der Waals surface area (Å²) in [5.41, 5.74) is 1.83. The highest BCUT2D eigenvalue weighted by molar-refractivity contribution is 5.94. The first-order valence-electron chi connectivity index (χ1n) is 10.1. The second-order valence-electron chi connectivity index (χ2n) is 7.34. The van der Waals surface area contributed by atoms with Gasteiger partial charge >= 0.3 is 0 Å². The van der Waals surface area contributed by atoms with E-state index in [2.05, 4.69) is 39.7 Å². The highest BCUT2D eigenvalue weighted by Gasteiger charge is 2.22. The maximum absolute atomic E-state index is 11.7. The van der Waals surface area contributed by atoms with Gasteiger partial charge in [-0.1, -0.05) is 18.6 Å². The third kappa shape index (κ3) is 6.54. The van der Waals surface area contributed by atoms with Gasteiger partial charge in [0.1, 0.15) is 0 Å². The first-order valence-corrected chi connectivity index (χ1v) is 10.1. The summed E-state index contributed by atoms with van der Waals surface area (Å²) in [7, 11) is 3.45. The van der Waals surface area contributed by atoms with Gasteiger partial charge in [-0.2, -0.15) is 0 Å². The van der Waals surface area contributed by atoms with Crippen LogP contribution in [0.1, 0.15) is 49.0 Å². The number of amides is 1. The molecular weight excluding hydrogens is 338 g/mol. The number of nitrogens with one attached hydrogen (secondary N) is 3. The van der Waals surface area contributed by atoms with Crippen LogP contribution in [0.4, 0.5) is 0 Å². The van der Waals surface area contributed by atoms with E-state index in [0.717, 1.165) is 31.0 Å². The van der Waals surface area contributed by atoms with Crippen LogP contribution < -0.4 is 16.0 Å². The summed E-state index contributed by atoms with van der Waals surface area (Å²) in [5.74, 6) is 0.775. The lowest BCUT2D eigenvalue weighted by Gasteiger charge is -2.38. The van der Waals surface area contributed by atoms with Crippen LogP contribution in [0.15, 0.2) is 29.3 Å². The molecule has 2 atom stereocenters. The molecule has 1 amide bonds. The van der Waals surface area contributed by atoms with E-state index in [1.165, 1.54) is 25.8 Å². The predicted octanol–water partition coefficient (Wildman–Crippen LogP) is 2.02. The van der Waals surface area contributed by atoms with Crippen molar-refractivity contribution in [2.75, 3.05) is 33.7 Å². The minimum absolute atomic E-state index is 0.0526. The molecule has 0 aromatic heterocycles. The fraction of sp³-hybridized carbons (Fsp3) is 0.619. The van der Waals surface area contributed by atoms with Gasteiger partial charge in [0, 0.05) is 44.8 Å². The Morgan fingerprint density at radius 2 is 2.15 bits per heavy atom. The zero-order valence-corrected chi connectivity index (χ0v) is 17.2. The lowest BCUT2D eigenvalue weighted by molar-refractivity contribution is 0.0963. The van der Waals surface area contributed by atoms with Gasteiger partial charge in [-0.25, -0.2) is 0 Å². The van der Waals surface area contributed by atoms with E-state index in [4.69, 9.17) is 0 Å². The maximum atomic E-state index is 11.7. The normalized spacial score (nSPS) is 19.4. The van der Waals surface area contributed by atoms with Crippen LogP contribution in [0.25, 0.3) is 0 Å². The van der Waals surface area contributed by atoms with Crippen molar-refractivity contribution in [3.05, 3.63) is 35.4 Å². The molecule has 1 fully saturated rings. The highest BCUT2D eigenvalue weighted by atomic mass is 16.1. The van der Waals surface area contributed by atoms with Gasteiger partial charge in [-0.05, 0) is 57.4 Å². The molecule has 0 aliphatic carbocycles. The van der Waals surface area contributed by atoms with E-state index in [1.54, 1.807) is 14.1 Å². The van der Waals surface area contributed by atoms with Gasteiger partial charge in [-0.3, -0.25) is 14.7 Å². The number of rotatable bonds is 7. The van der Waals surface area contributed by atoms with Gasteiger partial charge < -0.3 is 16.0 Å². The number of aliphatic imine (C=N–C) groups is 1. The minimum Gasteiger partial charge on any atom is -0.356 e. The number of guanidine groups is 1. The van der Waals surface area contributed by atoms with Crippen LogP contribution in [0, 0.1) is 0 Å². The number of hydrogen-bond acceptors (Lipinski definition) is 3. The van der Waals surface area contributed by atoms with Crippen LogP contribution in [0.5, 0.6) is 0 Å². The Labute approximate surface area is 163 Å². The second-order valence-corrected chi connectivity index (χ2v) is 7.34. The number of likely N-dealkylation sites (tertiary alicyclic amines) is 1. The molecule has 1 heterocycles. The summed E-state index contributed by atoms with van der Waals surface area (Å²) in [6, 6.07) is 8.90. The lowest BCUT2D eigenvalue weighted by Crippen LogP contribution is -2.50. The Morgan fingerprint density at radius 1 is 1.33 bits per heavy atom. The Morgan fingerprint density at radius 3 is 2.85 bits per heavy atom. The molecule has 1 aromatic carbocycles. The maximum Gasteiger partial charge on any atom is 0.251 e. The molecule has 6 heteroatoms. The van der Waals surface area contributed by atoms with Gasteiger partial charge in [-0.15, -0.1) is 0 Å². The fourth-order valence-corrected chi connectivity index (χ4v) is 3.70. The quantitative estimate of drug-likeness (QED) is 0.505. The minimum atomic E-state index is -0.0526. The third-order valence-corrected chi connectivity index (χ3v) is 5.33. The molecule has 2 unspecified atom stereocenters. The van der Waals surface area contributed by atoms with E-state index in [9.17, 15) is 4.79 Å². The Kier molecular flexibility index (Phi) is 8.58. The summed E-state index contributed by atoms with van der Waals surface area (Å²) >= 11 is 0. The molecule has 0 saturated carbocycles. The molecule has 3 N–H and O–H groups in total. The summed E-state index contributed by atoms with van der Waals surface area (Å²) in [6.45, 7) is 7.46. The smallest absolute Gasteiger partial charge is 0.251 e. The molecule has 1 saturated heterocycles. The highest BCUT2D eigenvalue weighted by Crippen LogP contribution is 2.18. The average molecular weight is 374 g/mol. The Bertz CT molecular complexity index is 631. The van der Waals surface area contributed by atoms with E-state index < -0.39 is 0 Å². The Hall–Kier alpha value is -2.08. The molecule has 150 valence electrons. The SMILES string of the molecule is CN=C(NCCc1cccc(C(=O)NC)c1)NCC(C)N1CCCCC1C. The van der Waals surface area contributed by atoms with E-state index >= 15 is 0 Å². The molecule has 0 radical (unpaired) electrons. The van der Waals surface area contributed by atoms with Gasteiger partial charge in [0.2, 0.25) is 0 Å². The standard InChI is InChI=1S/C21H35N5O/c1-16-8-5-6-13-26(16)17(2)15-25-21(23-4)24-12-11-18-9-7-10-19(14-18)20(27)22-3/h7,9-10,14,16-17H,5-6,8,11-13,15H2,1-4H3,(H,22,27)(H2,23,24,25). The molecule has 6 nitrogen and oxygen atoms in total. The second kappa shape index (κ2) is 10.9. The molecule has 1 aromatic rings. The van der Waals surface area contributed by atoms with Crippen LogP contribution in [-0.2, 0) is 6.42 Å². The summed E-state index contributed by atoms with van der Waals surface area (Å²) < 4.78 is 0. The van der Waals surface area contributed by atoms with Crippen molar-refractivity contribution in [1.82, 2.24) is 20.9 Å². The topological polar surface area (TPSA) is 68.8 Å². The Balaban J connectivity index is 1.76. The number of carbonyl (C=O) groups excluding carboxylic acids is 1. The molecule has 0 spiro atoms. The van der Waals surface area contributed by atoms with Crippen LogP contribution >= 0.6 is 0 Å². The summed E-state index contributed by atoms with van der Waals surface area (Å²) in [4.78, 5) is 18.7. The fourth-order valence-electron chi connectivity index (χ4n) is 3.70. The zero-order valence-electron chi connectivity index (χ0n) is 17.2. The van der Waals surface area contributed by atoms with E-state index in [1.807, 2.05) is 24.3 Å². The van der Waals surface area contributed by atoms with Crippen LogP contribution in [0.3, 0.4) is 0 Å². The van der Waals surface area contributed by atoms with Gasteiger partial charge in [0.15, 0.2) is 5.96 Å². The van der Waals surface area contributed by atoms with Crippen molar-refractivity contribution in [2.24, 2.45) is 4.99 Å². The molecule has 27 heavy (non-hydrogen) atoms. The van der Waals surface area contributed by atoms with Gasteiger partial charge in [0.25, 0.3) is 5.91 Å². The molecule has 1 aliphatic heterocycles. The summed E-state index contributed by atoms with van der Waals surface area (Å²) in [6.07, 6.45) is 4.79. The van der Waals surface area contributed by atoms with Crippen LogP contribution in [0.2, 0.25) is 0 Å². The number of benzene rings is 1. The number of hydrogen-bond donors (Lipinski definition) is 3. The van der Waals surface area contributed by atoms with Crippen LogP contribution in [-0.4, -0.2) is 62.6 Å². The van der Waals surface area contributed by atoms with Crippen molar-refractivity contribution in [1.29, 1.82) is 0 Å². The molecule has 0 bridgehead atoms. The van der Waals surface area contributed by atoms with Crippen molar-refractivity contribution < 1.29 is 4.79 Å². The lowest BCUT2D eigenvalue weighted by atomic mass is 10.0. The number of nitrogens with zero attached hydrogens (tertiary/aromatic N) is 2. The van der Waals surface area contributed by atoms with E-state index in [-0.39, 0.29) is 5.91 Å². The number of piperidine rings is 1. The molecule has 2 rings (SSSR count). The predicted molar refractivity (Wildman–Crippen MR) is 112 cm³/mol. The first-order chi connectivity index (χ1) is 13.0. The van der Waals surface area contributed by atoms with Crippen molar-refractivity contribution in [3.8, 4) is 0 Å². The van der Waals surface area contributed by atoms with Crippen molar-refractivity contribution in [3.63, 3.8) is 0 Å². The zero-order chi connectivity index (χ0) is 19.6. The molecular formula is C21H35N5O. The molecule has 1 aliphatic rings.